The largest absolute Gasteiger partial charge is 0.369 e. The number of anilines is 1. The second-order valence-electron chi connectivity index (χ2n) is 3.79. The zero-order valence-electron chi connectivity index (χ0n) is 8.44. The lowest BCUT2D eigenvalue weighted by Gasteiger charge is -2.29. The number of hydrogen-bond donors (Lipinski definition) is 1. The predicted octanol–water partition coefficient (Wildman–Crippen LogP) is 1.24. The van der Waals surface area contributed by atoms with Crippen molar-refractivity contribution in [1.29, 1.82) is 0 Å². The minimum Gasteiger partial charge on any atom is -0.369 e. The molecule has 2 aromatic rings. The molecule has 1 N–H and O–H groups in total. The Hall–Kier alpha value is -1.55. The van der Waals surface area contributed by atoms with Gasteiger partial charge in [-0.05, 0) is 18.2 Å². The molecule has 0 spiro atoms. The Bertz CT molecular complexity index is 460. The maximum Gasteiger partial charge on any atom is 0.131 e. The maximum atomic E-state index is 4.93. The van der Waals surface area contributed by atoms with Gasteiger partial charge in [0.15, 0.2) is 0 Å². The molecule has 1 saturated heterocycles. The standard InChI is InChI=1S/C11H13N3O/c1-2-10(14-5-3-12-4-6-14)7-11-9(1)8-15-13-11/h1-2,7-8,12H,3-6H2. The Kier molecular flexibility index (Phi) is 2.07. The van der Waals surface area contributed by atoms with Gasteiger partial charge in [-0.1, -0.05) is 5.16 Å². The molecule has 0 amide bonds. The molecule has 1 fully saturated rings. The van der Waals surface area contributed by atoms with Crippen LogP contribution in [0.2, 0.25) is 0 Å². The zero-order valence-corrected chi connectivity index (χ0v) is 8.44. The number of piperazine rings is 1. The molecule has 4 heteroatoms. The van der Waals surface area contributed by atoms with E-state index >= 15 is 0 Å². The smallest absolute Gasteiger partial charge is 0.131 e. The molecule has 2 heterocycles. The van der Waals surface area contributed by atoms with Gasteiger partial charge < -0.3 is 14.7 Å². The van der Waals surface area contributed by atoms with E-state index in [0.29, 0.717) is 0 Å². The van der Waals surface area contributed by atoms with Crippen molar-refractivity contribution in [3.63, 3.8) is 0 Å². The summed E-state index contributed by atoms with van der Waals surface area (Å²) >= 11 is 0. The fourth-order valence-corrected chi connectivity index (χ4v) is 1.97. The molecule has 0 aliphatic carbocycles. The van der Waals surface area contributed by atoms with Gasteiger partial charge in [-0.15, -0.1) is 0 Å². The molecule has 0 saturated carbocycles. The van der Waals surface area contributed by atoms with Crippen LogP contribution in [0.3, 0.4) is 0 Å². The summed E-state index contributed by atoms with van der Waals surface area (Å²) in [7, 11) is 0. The van der Waals surface area contributed by atoms with Crippen LogP contribution in [0.25, 0.3) is 10.9 Å². The Morgan fingerprint density at radius 2 is 2.13 bits per heavy atom. The normalized spacial score (nSPS) is 17.2. The molecule has 0 bridgehead atoms. The van der Waals surface area contributed by atoms with Crippen LogP contribution in [0.15, 0.2) is 29.0 Å². The fourth-order valence-electron chi connectivity index (χ4n) is 1.97. The molecule has 78 valence electrons. The van der Waals surface area contributed by atoms with Crippen LogP contribution >= 0.6 is 0 Å². The van der Waals surface area contributed by atoms with Gasteiger partial charge >= 0.3 is 0 Å². The third-order valence-corrected chi connectivity index (χ3v) is 2.83. The van der Waals surface area contributed by atoms with Gasteiger partial charge in [0.1, 0.15) is 11.8 Å². The minimum atomic E-state index is 0.936. The maximum absolute atomic E-state index is 4.93. The van der Waals surface area contributed by atoms with Crippen molar-refractivity contribution in [2.75, 3.05) is 31.1 Å². The van der Waals surface area contributed by atoms with E-state index in [2.05, 4.69) is 33.6 Å². The highest BCUT2D eigenvalue weighted by Gasteiger charge is 2.11. The Morgan fingerprint density at radius 3 is 3.00 bits per heavy atom. The molecular formula is C11H13N3O. The van der Waals surface area contributed by atoms with Gasteiger partial charge in [0.2, 0.25) is 0 Å². The number of fused-ring (bicyclic) bond motifs is 1. The van der Waals surface area contributed by atoms with E-state index in [-0.39, 0.29) is 0 Å². The molecule has 15 heavy (non-hydrogen) atoms. The van der Waals surface area contributed by atoms with Crippen LogP contribution in [0, 0.1) is 0 Å². The lowest BCUT2D eigenvalue weighted by atomic mass is 10.2. The molecule has 1 aliphatic rings. The molecule has 3 rings (SSSR count). The molecular weight excluding hydrogens is 190 g/mol. The number of nitrogens with one attached hydrogen (secondary N) is 1. The third-order valence-electron chi connectivity index (χ3n) is 2.83. The molecule has 0 radical (unpaired) electrons. The van der Waals surface area contributed by atoms with E-state index in [9.17, 15) is 0 Å². The Labute approximate surface area is 87.8 Å². The van der Waals surface area contributed by atoms with Crippen LogP contribution in [0.1, 0.15) is 0 Å². The monoisotopic (exact) mass is 203 g/mol. The lowest BCUT2D eigenvalue weighted by Crippen LogP contribution is -2.43. The SMILES string of the molecule is c1cc2conc2cc1N1CCNCC1. The van der Waals surface area contributed by atoms with E-state index in [1.165, 1.54) is 5.69 Å². The van der Waals surface area contributed by atoms with Crippen LogP contribution < -0.4 is 10.2 Å². The van der Waals surface area contributed by atoms with Gasteiger partial charge in [-0.25, -0.2) is 0 Å². The molecule has 1 aromatic heterocycles. The molecule has 0 atom stereocenters. The highest BCUT2D eigenvalue weighted by Crippen LogP contribution is 2.21. The molecule has 1 aromatic carbocycles. The molecule has 1 aliphatic heterocycles. The molecule has 4 nitrogen and oxygen atoms in total. The van der Waals surface area contributed by atoms with Crippen LogP contribution in [-0.4, -0.2) is 31.3 Å². The average molecular weight is 203 g/mol. The van der Waals surface area contributed by atoms with E-state index in [0.717, 1.165) is 37.1 Å². The quantitative estimate of drug-likeness (QED) is 0.757. The number of hydrogen-bond acceptors (Lipinski definition) is 4. The predicted molar refractivity (Wildman–Crippen MR) is 59.1 cm³/mol. The first-order valence-electron chi connectivity index (χ1n) is 5.23. The van der Waals surface area contributed by atoms with Crippen molar-refractivity contribution in [3.05, 3.63) is 24.5 Å². The zero-order chi connectivity index (χ0) is 10.1. The van der Waals surface area contributed by atoms with Crippen molar-refractivity contribution >= 4 is 16.6 Å². The first kappa shape index (κ1) is 8.73. The van der Waals surface area contributed by atoms with E-state index in [4.69, 9.17) is 4.52 Å². The summed E-state index contributed by atoms with van der Waals surface area (Å²) in [4.78, 5) is 2.37. The summed E-state index contributed by atoms with van der Waals surface area (Å²) in [6.45, 7) is 4.22. The van der Waals surface area contributed by atoms with E-state index in [1.54, 1.807) is 6.26 Å². The van der Waals surface area contributed by atoms with Gasteiger partial charge in [0.05, 0.1) is 0 Å². The summed E-state index contributed by atoms with van der Waals surface area (Å²) in [5.74, 6) is 0. The topological polar surface area (TPSA) is 41.3 Å². The van der Waals surface area contributed by atoms with Crippen LogP contribution in [0.4, 0.5) is 5.69 Å². The average Bonchev–Trinajstić information content (AvgIpc) is 2.77. The summed E-state index contributed by atoms with van der Waals surface area (Å²) in [5, 5.41) is 8.36. The summed E-state index contributed by atoms with van der Waals surface area (Å²) in [6, 6.07) is 6.28. The summed E-state index contributed by atoms with van der Waals surface area (Å²) in [6.07, 6.45) is 1.68. The van der Waals surface area contributed by atoms with Crippen molar-refractivity contribution < 1.29 is 4.52 Å². The third kappa shape index (κ3) is 1.57. The van der Waals surface area contributed by atoms with Crippen molar-refractivity contribution in [3.8, 4) is 0 Å². The van der Waals surface area contributed by atoms with Gasteiger partial charge in [0.25, 0.3) is 0 Å². The number of rotatable bonds is 1. The first-order valence-corrected chi connectivity index (χ1v) is 5.23. The van der Waals surface area contributed by atoms with E-state index in [1.807, 2.05) is 0 Å². The van der Waals surface area contributed by atoms with Crippen molar-refractivity contribution in [2.24, 2.45) is 0 Å². The highest BCUT2D eigenvalue weighted by molar-refractivity contribution is 5.81. The second-order valence-corrected chi connectivity index (χ2v) is 3.79. The number of benzene rings is 1. The van der Waals surface area contributed by atoms with Gasteiger partial charge in [-0.3, -0.25) is 0 Å². The highest BCUT2D eigenvalue weighted by atomic mass is 16.5. The second kappa shape index (κ2) is 3.55. The van der Waals surface area contributed by atoms with Crippen molar-refractivity contribution in [2.45, 2.75) is 0 Å². The Morgan fingerprint density at radius 1 is 1.27 bits per heavy atom. The number of nitrogens with zero attached hydrogens (tertiary/aromatic N) is 2. The van der Waals surface area contributed by atoms with Crippen LogP contribution in [-0.2, 0) is 0 Å². The lowest BCUT2D eigenvalue weighted by molar-refractivity contribution is 0.428. The van der Waals surface area contributed by atoms with E-state index < -0.39 is 0 Å². The minimum absolute atomic E-state index is 0.936. The van der Waals surface area contributed by atoms with Crippen molar-refractivity contribution in [1.82, 2.24) is 10.5 Å². The Balaban J connectivity index is 1.95. The first-order chi connectivity index (χ1) is 7.43. The number of aromatic nitrogens is 1. The summed E-state index contributed by atoms with van der Waals surface area (Å²) in [5.41, 5.74) is 2.17. The van der Waals surface area contributed by atoms with Gasteiger partial charge in [0, 0.05) is 37.3 Å². The van der Waals surface area contributed by atoms with Gasteiger partial charge in [-0.2, -0.15) is 0 Å². The fraction of sp³-hybridized carbons (Fsp3) is 0.364. The summed E-state index contributed by atoms with van der Waals surface area (Å²) < 4.78 is 4.93. The molecule has 0 unspecified atom stereocenters. The van der Waals surface area contributed by atoms with Crippen LogP contribution in [0.5, 0.6) is 0 Å².